The van der Waals surface area contributed by atoms with Crippen molar-refractivity contribution >= 4 is 10.0 Å². The fraction of sp³-hybridized carbons (Fsp3) is 0.545. The van der Waals surface area contributed by atoms with E-state index in [9.17, 15) is 21.6 Å². The number of hydrogen-bond acceptors (Lipinski definition) is 4. The van der Waals surface area contributed by atoms with Crippen molar-refractivity contribution in [2.45, 2.75) is 24.4 Å². The lowest BCUT2D eigenvalue weighted by Crippen LogP contribution is -2.30. The minimum atomic E-state index is -4.40. The molecule has 0 saturated carbocycles. The summed E-state index contributed by atoms with van der Waals surface area (Å²) in [4.78, 5) is 3.60. The molecule has 1 aromatic heterocycles. The molecule has 114 valence electrons. The van der Waals surface area contributed by atoms with Crippen LogP contribution in [0.2, 0.25) is 0 Å². The van der Waals surface area contributed by atoms with E-state index >= 15 is 0 Å². The van der Waals surface area contributed by atoms with Crippen molar-refractivity contribution in [2.75, 3.05) is 20.2 Å². The number of pyridine rings is 1. The third-order valence-corrected chi connectivity index (χ3v) is 4.26. The van der Waals surface area contributed by atoms with E-state index in [0.717, 1.165) is 13.2 Å². The molecule has 1 aromatic rings. The maximum Gasteiger partial charge on any atom is 0.390 e. The van der Waals surface area contributed by atoms with Crippen molar-refractivity contribution in [1.82, 2.24) is 9.29 Å². The highest BCUT2D eigenvalue weighted by atomic mass is 32.2. The summed E-state index contributed by atoms with van der Waals surface area (Å²) in [6.45, 7) is 1.49. The molecule has 0 spiro atoms. The number of halogens is 3. The van der Waals surface area contributed by atoms with Crippen molar-refractivity contribution in [3.05, 3.63) is 18.3 Å². The Kier molecular flexibility index (Phi) is 5.35. The predicted molar refractivity (Wildman–Crippen MR) is 65.9 cm³/mol. The number of ether oxygens (including phenoxy) is 1. The zero-order valence-corrected chi connectivity index (χ0v) is 11.8. The van der Waals surface area contributed by atoms with Crippen LogP contribution in [0.15, 0.2) is 23.2 Å². The monoisotopic (exact) mass is 312 g/mol. The molecule has 5 nitrogen and oxygen atoms in total. The predicted octanol–water partition coefficient (Wildman–Crippen LogP) is 2.05. The van der Waals surface area contributed by atoms with Crippen molar-refractivity contribution < 1.29 is 26.3 Å². The molecule has 0 N–H and O–H groups in total. The molecule has 0 aliphatic heterocycles. The van der Waals surface area contributed by atoms with Gasteiger partial charge in [-0.15, -0.1) is 0 Å². The van der Waals surface area contributed by atoms with Crippen LogP contribution in [0.5, 0.6) is 5.88 Å². The summed E-state index contributed by atoms with van der Waals surface area (Å²) < 4.78 is 66.0. The van der Waals surface area contributed by atoms with Crippen LogP contribution in [0.4, 0.5) is 13.2 Å². The SMILES string of the molecule is CCOc1ccc(S(=O)(=O)N(C)CCC(F)(F)F)cn1. The molecule has 1 heterocycles. The lowest BCUT2D eigenvalue weighted by atomic mass is 10.4. The largest absolute Gasteiger partial charge is 0.478 e. The molecule has 9 heteroatoms. The summed E-state index contributed by atoms with van der Waals surface area (Å²) in [6, 6.07) is 2.60. The molecule has 0 aliphatic rings. The van der Waals surface area contributed by atoms with Crippen LogP contribution in [-0.4, -0.2) is 44.1 Å². The van der Waals surface area contributed by atoms with Crippen LogP contribution < -0.4 is 4.74 Å². The van der Waals surface area contributed by atoms with Crippen molar-refractivity contribution in [3.8, 4) is 5.88 Å². The van der Waals surface area contributed by atoms with Gasteiger partial charge < -0.3 is 4.74 Å². The average molecular weight is 312 g/mol. The zero-order valence-electron chi connectivity index (χ0n) is 11.0. The first kappa shape index (κ1) is 16.7. The molecule has 0 saturated heterocycles. The number of nitrogens with zero attached hydrogens (tertiary/aromatic N) is 2. The van der Waals surface area contributed by atoms with E-state index < -0.39 is 29.2 Å². The summed E-state index contributed by atoms with van der Waals surface area (Å²) in [5, 5.41) is 0. The Labute approximate surface area is 115 Å². The number of alkyl halides is 3. The maximum absolute atomic E-state index is 12.1. The second kappa shape index (κ2) is 6.40. The van der Waals surface area contributed by atoms with Crippen molar-refractivity contribution in [3.63, 3.8) is 0 Å². The molecule has 0 aromatic carbocycles. The molecule has 0 aliphatic carbocycles. The Morgan fingerprint density at radius 1 is 1.35 bits per heavy atom. The number of rotatable bonds is 6. The van der Waals surface area contributed by atoms with E-state index in [1.54, 1.807) is 6.92 Å². The highest BCUT2D eigenvalue weighted by molar-refractivity contribution is 7.89. The molecule has 20 heavy (non-hydrogen) atoms. The zero-order chi connectivity index (χ0) is 15.4. The quantitative estimate of drug-likeness (QED) is 0.806. The molecular formula is C11H15F3N2O3S. The van der Waals surface area contributed by atoms with Gasteiger partial charge >= 0.3 is 6.18 Å². The van der Waals surface area contributed by atoms with Gasteiger partial charge in [0.2, 0.25) is 15.9 Å². The minimum Gasteiger partial charge on any atom is -0.478 e. The van der Waals surface area contributed by atoms with Gasteiger partial charge in [-0.1, -0.05) is 0 Å². The Bertz CT molecular complexity index is 529. The van der Waals surface area contributed by atoms with Crippen LogP contribution in [-0.2, 0) is 10.0 Å². The summed E-state index contributed by atoms with van der Waals surface area (Å²) in [6.07, 6.45) is -4.54. The first-order valence-electron chi connectivity index (χ1n) is 5.79. The van der Waals surface area contributed by atoms with Gasteiger partial charge in [-0.25, -0.2) is 17.7 Å². The van der Waals surface area contributed by atoms with Crippen molar-refractivity contribution in [2.24, 2.45) is 0 Å². The normalized spacial score (nSPS) is 12.7. The molecule has 1 rings (SSSR count). The van der Waals surface area contributed by atoms with Crippen molar-refractivity contribution in [1.29, 1.82) is 0 Å². The van der Waals surface area contributed by atoms with Crippen LogP contribution in [0.1, 0.15) is 13.3 Å². The molecule has 0 bridgehead atoms. The van der Waals surface area contributed by atoms with Gasteiger partial charge in [0.15, 0.2) is 0 Å². The first-order chi connectivity index (χ1) is 9.16. The van der Waals surface area contributed by atoms with Gasteiger partial charge in [-0.05, 0) is 13.0 Å². The van der Waals surface area contributed by atoms with E-state index in [-0.39, 0.29) is 10.8 Å². The Balaban J connectivity index is 2.81. The van der Waals surface area contributed by atoms with E-state index in [0.29, 0.717) is 10.9 Å². The van der Waals surface area contributed by atoms with Gasteiger partial charge in [0.05, 0.1) is 19.2 Å². The third kappa shape index (κ3) is 4.64. The average Bonchev–Trinajstić information content (AvgIpc) is 2.36. The number of hydrogen-bond donors (Lipinski definition) is 0. The van der Waals surface area contributed by atoms with Gasteiger partial charge in [0.1, 0.15) is 4.90 Å². The Morgan fingerprint density at radius 3 is 2.45 bits per heavy atom. The molecule has 0 fully saturated rings. The highest BCUT2D eigenvalue weighted by Crippen LogP contribution is 2.22. The van der Waals surface area contributed by atoms with E-state index in [1.165, 1.54) is 12.1 Å². The van der Waals surface area contributed by atoms with Gasteiger partial charge in [0, 0.05) is 19.7 Å². The Morgan fingerprint density at radius 2 is 2.00 bits per heavy atom. The molecular weight excluding hydrogens is 297 g/mol. The lowest BCUT2D eigenvalue weighted by molar-refractivity contribution is -0.135. The van der Waals surface area contributed by atoms with Gasteiger partial charge in [-0.2, -0.15) is 13.2 Å². The molecule has 0 unspecified atom stereocenters. The second-order valence-electron chi connectivity index (χ2n) is 3.96. The maximum atomic E-state index is 12.1. The summed E-state index contributed by atoms with van der Waals surface area (Å²) in [5.74, 6) is 0.254. The number of aromatic nitrogens is 1. The third-order valence-electron chi connectivity index (χ3n) is 2.42. The van der Waals surface area contributed by atoms with Crippen LogP contribution >= 0.6 is 0 Å². The second-order valence-corrected chi connectivity index (χ2v) is 6.00. The Hall–Kier alpha value is -1.35. The fourth-order valence-corrected chi connectivity index (χ4v) is 2.45. The van der Waals surface area contributed by atoms with Crippen LogP contribution in [0.25, 0.3) is 0 Å². The van der Waals surface area contributed by atoms with Crippen LogP contribution in [0.3, 0.4) is 0 Å². The van der Waals surface area contributed by atoms with E-state index in [4.69, 9.17) is 4.74 Å². The lowest BCUT2D eigenvalue weighted by Gasteiger charge is -2.17. The minimum absolute atomic E-state index is 0.175. The van der Waals surface area contributed by atoms with E-state index in [1.807, 2.05) is 0 Å². The summed E-state index contributed by atoms with van der Waals surface area (Å²) in [7, 11) is -2.88. The van der Waals surface area contributed by atoms with Gasteiger partial charge in [-0.3, -0.25) is 0 Å². The van der Waals surface area contributed by atoms with Gasteiger partial charge in [0.25, 0.3) is 0 Å². The summed E-state index contributed by atoms with van der Waals surface area (Å²) in [5.41, 5.74) is 0. The fourth-order valence-electron chi connectivity index (χ4n) is 1.34. The molecule has 0 atom stereocenters. The summed E-state index contributed by atoms with van der Waals surface area (Å²) >= 11 is 0. The molecule has 0 amide bonds. The highest BCUT2D eigenvalue weighted by Gasteiger charge is 2.30. The number of sulfonamides is 1. The van der Waals surface area contributed by atoms with Crippen LogP contribution in [0, 0.1) is 0 Å². The standard InChI is InChI=1S/C11H15F3N2O3S/c1-3-19-10-5-4-9(8-15-10)20(17,18)16(2)7-6-11(12,13)14/h4-5,8H,3,6-7H2,1-2H3. The van der Waals surface area contributed by atoms with E-state index in [2.05, 4.69) is 4.98 Å². The smallest absolute Gasteiger partial charge is 0.390 e. The topological polar surface area (TPSA) is 59.5 Å². The molecule has 0 radical (unpaired) electrons. The first-order valence-corrected chi connectivity index (χ1v) is 7.23.